The second-order valence-electron chi connectivity index (χ2n) is 9.57. The molecule has 10 nitrogen and oxygen atoms in total. The SMILES string of the molecule is O=C(NCCCCCNC(=O)[C@H]1CC[C@@H]2C(=O)OC(=O)[C@H]2C1)[C@@H]1CC[C@H]2C(=O)OC(=O)[C@@H]2C1. The van der Waals surface area contributed by atoms with E-state index in [4.69, 9.17) is 0 Å². The molecule has 0 aromatic rings. The number of carbonyl (C=O) groups excluding carboxylic acids is 6. The molecule has 0 radical (unpaired) electrons. The third-order valence-electron chi connectivity index (χ3n) is 7.51. The molecule has 0 aromatic heterocycles. The van der Waals surface area contributed by atoms with Gasteiger partial charge in [0, 0.05) is 24.9 Å². The number of fused-ring (bicyclic) bond motifs is 2. The molecule has 2 amide bonds. The van der Waals surface area contributed by atoms with Crippen molar-refractivity contribution in [2.75, 3.05) is 13.1 Å². The van der Waals surface area contributed by atoms with Crippen LogP contribution in [0.1, 0.15) is 57.8 Å². The van der Waals surface area contributed by atoms with Crippen LogP contribution in [0.2, 0.25) is 0 Å². The van der Waals surface area contributed by atoms with Crippen molar-refractivity contribution in [3.63, 3.8) is 0 Å². The van der Waals surface area contributed by atoms with E-state index in [1.54, 1.807) is 0 Å². The van der Waals surface area contributed by atoms with Crippen molar-refractivity contribution < 1.29 is 38.2 Å². The summed E-state index contributed by atoms with van der Waals surface area (Å²) in [5.74, 6) is -4.40. The monoisotopic (exact) mass is 462 g/mol. The summed E-state index contributed by atoms with van der Waals surface area (Å²) in [6, 6.07) is 0. The summed E-state index contributed by atoms with van der Waals surface area (Å²) in [5, 5.41) is 5.81. The quantitative estimate of drug-likeness (QED) is 0.303. The molecule has 180 valence electrons. The molecular formula is C23H30N2O8. The van der Waals surface area contributed by atoms with Gasteiger partial charge in [0.05, 0.1) is 23.7 Å². The second-order valence-corrected chi connectivity index (χ2v) is 9.57. The predicted molar refractivity (Wildman–Crippen MR) is 111 cm³/mol. The zero-order valence-electron chi connectivity index (χ0n) is 18.5. The molecule has 4 aliphatic rings. The Morgan fingerprint density at radius 1 is 0.606 bits per heavy atom. The maximum absolute atomic E-state index is 12.4. The van der Waals surface area contributed by atoms with E-state index in [2.05, 4.69) is 20.1 Å². The van der Waals surface area contributed by atoms with E-state index < -0.39 is 35.7 Å². The highest BCUT2D eigenvalue weighted by atomic mass is 16.6. The van der Waals surface area contributed by atoms with Crippen molar-refractivity contribution in [3.8, 4) is 0 Å². The van der Waals surface area contributed by atoms with Crippen LogP contribution < -0.4 is 10.6 Å². The first-order valence-electron chi connectivity index (χ1n) is 11.9. The summed E-state index contributed by atoms with van der Waals surface area (Å²) in [4.78, 5) is 71.4. The number of nitrogens with one attached hydrogen (secondary N) is 2. The van der Waals surface area contributed by atoms with E-state index in [1.807, 2.05) is 0 Å². The standard InChI is InChI=1S/C23H30N2O8/c26-18(12-4-6-14-16(10-12)22(30)32-20(14)28)24-8-2-1-3-9-25-19(27)13-5-7-15-17(11-13)23(31)33-21(15)29/h12-17H,1-11H2,(H,24,26)(H,25,27)/t12-,13+,14-,15+,16-,17+. The van der Waals surface area contributed by atoms with E-state index >= 15 is 0 Å². The molecule has 2 aliphatic heterocycles. The Balaban J connectivity index is 1.06. The molecule has 33 heavy (non-hydrogen) atoms. The fourth-order valence-corrected chi connectivity index (χ4v) is 5.54. The van der Waals surface area contributed by atoms with Gasteiger partial charge in [-0.1, -0.05) is 0 Å². The average Bonchev–Trinajstić information content (AvgIpc) is 3.26. The summed E-state index contributed by atoms with van der Waals surface area (Å²) in [6.45, 7) is 1.03. The van der Waals surface area contributed by atoms with Crippen LogP contribution >= 0.6 is 0 Å². The van der Waals surface area contributed by atoms with Crippen molar-refractivity contribution >= 4 is 35.7 Å². The lowest BCUT2D eigenvalue weighted by Crippen LogP contribution is -2.38. The highest BCUT2D eigenvalue weighted by molar-refractivity contribution is 5.97. The van der Waals surface area contributed by atoms with Gasteiger partial charge in [-0.25, -0.2) is 0 Å². The minimum atomic E-state index is -0.505. The molecule has 10 heteroatoms. The Bertz CT molecular complexity index is 787. The number of amides is 2. The van der Waals surface area contributed by atoms with Crippen molar-refractivity contribution in [2.24, 2.45) is 35.5 Å². The predicted octanol–water partition coefficient (Wildman–Crippen LogP) is 0.621. The second kappa shape index (κ2) is 10.0. The number of carbonyl (C=O) groups is 6. The van der Waals surface area contributed by atoms with Crippen LogP contribution in [0.25, 0.3) is 0 Å². The zero-order valence-corrected chi connectivity index (χ0v) is 18.5. The van der Waals surface area contributed by atoms with Gasteiger partial charge in [0.2, 0.25) is 11.8 Å². The molecule has 4 rings (SSSR count). The van der Waals surface area contributed by atoms with E-state index in [0.717, 1.165) is 19.3 Å². The van der Waals surface area contributed by atoms with Crippen LogP contribution in [-0.2, 0) is 38.2 Å². The fraction of sp³-hybridized carbons (Fsp3) is 0.739. The lowest BCUT2D eigenvalue weighted by molar-refractivity contribution is -0.155. The van der Waals surface area contributed by atoms with Crippen LogP contribution in [-0.4, -0.2) is 48.8 Å². The Morgan fingerprint density at radius 3 is 1.42 bits per heavy atom. The Labute approximate surface area is 191 Å². The summed E-state index contributed by atoms with van der Waals surface area (Å²) < 4.78 is 9.36. The Hall–Kier alpha value is -2.78. The lowest BCUT2D eigenvalue weighted by Gasteiger charge is -2.27. The van der Waals surface area contributed by atoms with Crippen LogP contribution in [0.5, 0.6) is 0 Å². The maximum Gasteiger partial charge on any atom is 0.317 e. The van der Waals surface area contributed by atoms with Gasteiger partial charge in [-0.3, -0.25) is 28.8 Å². The van der Waals surface area contributed by atoms with Crippen LogP contribution in [0, 0.1) is 35.5 Å². The molecule has 2 saturated heterocycles. The van der Waals surface area contributed by atoms with Crippen molar-refractivity contribution in [1.29, 1.82) is 0 Å². The highest BCUT2D eigenvalue weighted by Crippen LogP contribution is 2.40. The minimum absolute atomic E-state index is 0.0894. The van der Waals surface area contributed by atoms with Gasteiger partial charge in [0.15, 0.2) is 0 Å². The molecule has 6 atom stereocenters. The normalized spacial score (nSPS) is 33.1. The Kier molecular flexibility index (Phi) is 7.09. The number of ether oxygens (including phenoxy) is 2. The molecular weight excluding hydrogens is 432 g/mol. The molecule has 4 fully saturated rings. The first kappa shape index (κ1) is 23.4. The third kappa shape index (κ3) is 5.09. The van der Waals surface area contributed by atoms with Crippen LogP contribution in [0.15, 0.2) is 0 Å². The van der Waals surface area contributed by atoms with Gasteiger partial charge in [0.1, 0.15) is 0 Å². The first-order chi connectivity index (χ1) is 15.8. The summed E-state index contributed by atoms with van der Waals surface area (Å²) >= 11 is 0. The molecule has 0 unspecified atom stereocenters. The lowest BCUT2D eigenvalue weighted by atomic mass is 9.75. The van der Waals surface area contributed by atoms with Gasteiger partial charge in [-0.2, -0.15) is 0 Å². The number of hydrogen-bond acceptors (Lipinski definition) is 8. The first-order valence-corrected chi connectivity index (χ1v) is 11.9. The minimum Gasteiger partial charge on any atom is -0.393 e. The van der Waals surface area contributed by atoms with Crippen molar-refractivity contribution in [2.45, 2.75) is 57.8 Å². The summed E-state index contributed by atoms with van der Waals surface area (Å²) in [6.07, 6.45) is 5.26. The number of esters is 4. The van der Waals surface area contributed by atoms with Gasteiger partial charge in [-0.15, -0.1) is 0 Å². The smallest absolute Gasteiger partial charge is 0.317 e. The van der Waals surface area contributed by atoms with Crippen molar-refractivity contribution in [3.05, 3.63) is 0 Å². The topological polar surface area (TPSA) is 145 Å². The summed E-state index contributed by atoms with van der Waals surface area (Å²) in [5.41, 5.74) is 0. The Morgan fingerprint density at radius 2 is 1.00 bits per heavy atom. The molecule has 2 N–H and O–H groups in total. The van der Waals surface area contributed by atoms with Crippen LogP contribution in [0.4, 0.5) is 0 Å². The van der Waals surface area contributed by atoms with E-state index in [0.29, 0.717) is 51.6 Å². The van der Waals surface area contributed by atoms with E-state index in [9.17, 15) is 28.8 Å². The highest BCUT2D eigenvalue weighted by Gasteiger charge is 2.49. The number of hydrogen-bond donors (Lipinski definition) is 2. The molecule has 0 bridgehead atoms. The van der Waals surface area contributed by atoms with Gasteiger partial charge in [-0.05, 0) is 57.8 Å². The average molecular weight is 462 g/mol. The number of rotatable bonds is 8. The maximum atomic E-state index is 12.4. The zero-order chi connectivity index (χ0) is 23.5. The van der Waals surface area contributed by atoms with Gasteiger partial charge < -0.3 is 20.1 Å². The molecule has 0 spiro atoms. The van der Waals surface area contributed by atoms with E-state index in [1.165, 1.54) is 0 Å². The van der Waals surface area contributed by atoms with Crippen molar-refractivity contribution in [1.82, 2.24) is 10.6 Å². The summed E-state index contributed by atoms with van der Waals surface area (Å²) in [7, 11) is 0. The molecule has 2 heterocycles. The largest absolute Gasteiger partial charge is 0.393 e. The van der Waals surface area contributed by atoms with E-state index in [-0.39, 0.29) is 35.5 Å². The van der Waals surface area contributed by atoms with Gasteiger partial charge >= 0.3 is 23.9 Å². The third-order valence-corrected chi connectivity index (χ3v) is 7.51. The van der Waals surface area contributed by atoms with Crippen LogP contribution in [0.3, 0.4) is 0 Å². The number of cyclic esters (lactones) is 4. The molecule has 2 aliphatic carbocycles. The van der Waals surface area contributed by atoms with Gasteiger partial charge in [0.25, 0.3) is 0 Å². The fourth-order valence-electron chi connectivity index (χ4n) is 5.54. The number of unbranched alkanes of at least 4 members (excludes halogenated alkanes) is 2. The molecule has 2 saturated carbocycles. The molecule has 0 aromatic carbocycles.